The molecule has 0 bridgehead atoms. The summed E-state index contributed by atoms with van der Waals surface area (Å²) in [4.78, 5) is 0. The lowest BCUT2D eigenvalue weighted by Gasteiger charge is -2.09. The monoisotopic (exact) mass is 465 g/mol. The number of benzene rings is 2. The van der Waals surface area contributed by atoms with Gasteiger partial charge in [-0.15, -0.1) is 0 Å². The minimum atomic E-state index is 0.945. The molecule has 2 aromatic carbocycles. The number of halogens is 4. The Labute approximate surface area is 128 Å². The van der Waals surface area contributed by atoms with Gasteiger partial charge in [-0.2, -0.15) is 0 Å². The molecule has 16 heavy (non-hydrogen) atoms. The van der Waals surface area contributed by atoms with Gasteiger partial charge in [0.05, 0.1) is 0 Å². The summed E-state index contributed by atoms with van der Waals surface area (Å²) in [5, 5.41) is 0. The van der Waals surface area contributed by atoms with Crippen LogP contribution >= 0.6 is 63.7 Å². The number of hydrogen-bond donors (Lipinski definition) is 0. The van der Waals surface area contributed by atoms with Crippen molar-refractivity contribution in [3.63, 3.8) is 0 Å². The van der Waals surface area contributed by atoms with Crippen LogP contribution in [0.3, 0.4) is 0 Å². The summed E-state index contributed by atoms with van der Waals surface area (Å²) < 4.78 is 4.09. The van der Waals surface area contributed by atoms with Crippen LogP contribution in [-0.2, 0) is 0 Å². The molecule has 0 spiro atoms. The maximum absolute atomic E-state index is 3.56. The van der Waals surface area contributed by atoms with Gasteiger partial charge in [0.2, 0.25) is 0 Å². The molecule has 0 aliphatic rings. The molecule has 0 atom stereocenters. The predicted octanol–water partition coefficient (Wildman–Crippen LogP) is 6.20. The van der Waals surface area contributed by atoms with E-state index in [-0.39, 0.29) is 0 Å². The van der Waals surface area contributed by atoms with Crippen molar-refractivity contribution in [3.05, 3.63) is 54.3 Å². The first-order valence-electron chi connectivity index (χ1n) is 4.40. The van der Waals surface area contributed by atoms with Crippen LogP contribution in [-0.4, -0.2) is 0 Å². The van der Waals surface area contributed by atoms with Crippen LogP contribution in [0.15, 0.2) is 48.2 Å². The van der Waals surface area contributed by atoms with Crippen LogP contribution in [0.5, 0.6) is 0 Å². The molecule has 0 aliphatic carbocycles. The van der Waals surface area contributed by atoms with Crippen LogP contribution < -0.4 is 0 Å². The molecule has 0 unspecified atom stereocenters. The molecular weight excluding hydrogens is 464 g/mol. The molecule has 0 aliphatic heterocycles. The molecule has 2 aromatic rings. The molecule has 0 N–H and O–H groups in total. The van der Waals surface area contributed by atoms with Crippen molar-refractivity contribution < 1.29 is 0 Å². The molecule has 81 valence electrons. The van der Waals surface area contributed by atoms with E-state index in [4.69, 9.17) is 0 Å². The summed E-state index contributed by atoms with van der Waals surface area (Å²) in [6.45, 7) is 0. The lowest BCUT2D eigenvalue weighted by Crippen LogP contribution is -1.84. The maximum atomic E-state index is 3.56. The van der Waals surface area contributed by atoms with Crippen molar-refractivity contribution in [2.24, 2.45) is 0 Å². The third kappa shape index (κ3) is 2.61. The van der Waals surface area contributed by atoms with E-state index in [2.05, 4.69) is 75.9 Å². The van der Waals surface area contributed by atoms with Crippen molar-refractivity contribution in [1.29, 1.82) is 0 Å². The van der Waals surface area contributed by atoms with Crippen LogP contribution in [0.2, 0.25) is 0 Å². The van der Waals surface area contributed by atoms with E-state index in [9.17, 15) is 0 Å². The standard InChI is InChI=1S/C12H5Br4/c13-7-4-5-9(14)8(6-7)12-10(15)2-1-3-11(12)16/h1-2,4-6H. The second-order valence-corrected chi connectivity index (χ2v) is 6.56. The summed E-state index contributed by atoms with van der Waals surface area (Å²) in [6.07, 6.45) is 0. The Hall–Kier alpha value is 0.360. The zero-order chi connectivity index (χ0) is 11.7. The number of hydrogen-bond acceptors (Lipinski definition) is 0. The average Bonchev–Trinajstić information content (AvgIpc) is 2.23. The van der Waals surface area contributed by atoms with E-state index in [1.165, 1.54) is 0 Å². The molecule has 4 heteroatoms. The topological polar surface area (TPSA) is 0 Å². The fourth-order valence-corrected chi connectivity index (χ4v) is 3.56. The van der Waals surface area contributed by atoms with Gasteiger partial charge >= 0.3 is 0 Å². The fraction of sp³-hybridized carbons (Fsp3) is 0. The van der Waals surface area contributed by atoms with Gasteiger partial charge in [-0.25, -0.2) is 0 Å². The van der Waals surface area contributed by atoms with E-state index >= 15 is 0 Å². The molecule has 2 rings (SSSR count). The second kappa shape index (κ2) is 5.34. The molecule has 0 nitrogen and oxygen atoms in total. The molecule has 0 heterocycles. The van der Waals surface area contributed by atoms with Crippen molar-refractivity contribution in [3.8, 4) is 11.1 Å². The van der Waals surface area contributed by atoms with Gasteiger partial charge in [0, 0.05) is 23.5 Å². The highest BCUT2D eigenvalue weighted by molar-refractivity contribution is 9.11. The van der Waals surface area contributed by atoms with E-state index in [1.807, 2.05) is 24.3 Å². The Morgan fingerprint density at radius 1 is 0.875 bits per heavy atom. The molecule has 0 saturated carbocycles. The summed E-state index contributed by atoms with van der Waals surface area (Å²) in [6, 6.07) is 13.1. The second-order valence-electron chi connectivity index (χ2n) is 3.14. The summed E-state index contributed by atoms with van der Waals surface area (Å²) >= 11 is 14.1. The van der Waals surface area contributed by atoms with Crippen molar-refractivity contribution in [2.45, 2.75) is 0 Å². The van der Waals surface area contributed by atoms with E-state index in [1.54, 1.807) is 0 Å². The lowest BCUT2D eigenvalue weighted by atomic mass is 10.1. The summed E-state index contributed by atoms with van der Waals surface area (Å²) in [5.74, 6) is 0. The Balaban J connectivity index is 2.72. The molecule has 0 aromatic heterocycles. The maximum Gasteiger partial charge on any atom is 0.0344 e. The van der Waals surface area contributed by atoms with Gasteiger partial charge in [-0.05, 0) is 51.8 Å². The fourth-order valence-electron chi connectivity index (χ4n) is 1.38. The Morgan fingerprint density at radius 3 is 2.31 bits per heavy atom. The van der Waals surface area contributed by atoms with E-state index < -0.39 is 0 Å². The van der Waals surface area contributed by atoms with Crippen LogP contribution in [0.1, 0.15) is 0 Å². The molecule has 0 saturated heterocycles. The van der Waals surface area contributed by atoms with Gasteiger partial charge < -0.3 is 0 Å². The highest BCUT2D eigenvalue weighted by Crippen LogP contribution is 2.39. The van der Waals surface area contributed by atoms with Gasteiger partial charge in [0.15, 0.2) is 0 Å². The molecule has 1 radical (unpaired) electrons. The van der Waals surface area contributed by atoms with E-state index in [0.29, 0.717) is 0 Å². The van der Waals surface area contributed by atoms with Gasteiger partial charge in [-0.1, -0.05) is 53.9 Å². The Kier molecular flexibility index (Phi) is 4.27. The van der Waals surface area contributed by atoms with Crippen molar-refractivity contribution in [1.82, 2.24) is 0 Å². The third-order valence-electron chi connectivity index (χ3n) is 2.10. The SMILES string of the molecule is Brc1ccc(Br)c(-c2c(Br)[c]ccc2Br)c1. The minimum absolute atomic E-state index is 0.945. The quantitative estimate of drug-likeness (QED) is 0.467. The molecule has 0 amide bonds. The highest BCUT2D eigenvalue weighted by Gasteiger charge is 2.11. The smallest absolute Gasteiger partial charge is 0.0344 e. The van der Waals surface area contributed by atoms with Gasteiger partial charge in [0.25, 0.3) is 0 Å². The zero-order valence-corrected chi connectivity index (χ0v) is 14.2. The van der Waals surface area contributed by atoms with Gasteiger partial charge in [-0.3, -0.25) is 0 Å². The average molecular weight is 469 g/mol. The normalized spacial score (nSPS) is 10.5. The molecular formula is C12H5Br4. The third-order valence-corrected chi connectivity index (χ3v) is 4.57. The minimum Gasteiger partial charge on any atom is -0.0520 e. The first kappa shape index (κ1) is 12.8. The zero-order valence-electron chi connectivity index (χ0n) is 7.90. The highest BCUT2D eigenvalue weighted by atomic mass is 79.9. The van der Waals surface area contributed by atoms with Crippen molar-refractivity contribution >= 4 is 63.7 Å². The van der Waals surface area contributed by atoms with Crippen LogP contribution in [0.4, 0.5) is 0 Å². The first-order valence-corrected chi connectivity index (χ1v) is 7.58. The first-order chi connectivity index (χ1) is 7.59. The Bertz CT molecular complexity index is 514. The summed E-state index contributed by atoms with van der Waals surface area (Å²) in [5.41, 5.74) is 2.21. The van der Waals surface area contributed by atoms with Crippen LogP contribution in [0.25, 0.3) is 11.1 Å². The summed E-state index contributed by atoms with van der Waals surface area (Å²) in [7, 11) is 0. The lowest BCUT2D eigenvalue weighted by molar-refractivity contribution is 1.51. The Morgan fingerprint density at radius 2 is 1.62 bits per heavy atom. The van der Waals surface area contributed by atoms with Gasteiger partial charge in [0.1, 0.15) is 0 Å². The molecule has 0 fully saturated rings. The van der Waals surface area contributed by atoms with Crippen molar-refractivity contribution in [2.75, 3.05) is 0 Å². The largest absolute Gasteiger partial charge is 0.0520 e. The number of rotatable bonds is 1. The predicted molar refractivity (Wildman–Crippen MR) is 81.5 cm³/mol. The van der Waals surface area contributed by atoms with E-state index in [0.717, 1.165) is 29.0 Å². The van der Waals surface area contributed by atoms with Crippen LogP contribution in [0, 0.1) is 6.07 Å².